The maximum Gasteiger partial charge on any atom is 0.309 e. The van der Waals surface area contributed by atoms with Crippen molar-refractivity contribution < 1.29 is 33.4 Å². The van der Waals surface area contributed by atoms with E-state index < -0.39 is 41.2 Å². The number of unbranched alkanes of at least 4 members (excludes halogenated alkanes) is 3. The zero-order valence-electron chi connectivity index (χ0n) is 36.4. The number of carbonyl (C=O) groups is 4. The summed E-state index contributed by atoms with van der Waals surface area (Å²) in [5, 5.41) is 18.6. The highest BCUT2D eigenvalue weighted by atomic mass is 32.1. The smallest absolute Gasteiger partial charge is 0.309 e. The van der Waals surface area contributed by atoms with E-state index in [4.69, 9.17) is 10.5 Å². The number of thiazole rings is 1. The number of benzene rings is 1. The Morgan fingerprint density at radius 3 is 2.47 bits per heavy atom. The number of ether oxygens (including phenoxy) is 1. The van der Waals surface area contributed by atoms with Gasteiger partial charge >= 0.3 is 11.9 Å². The summed E-state index contributed by atoms with van der Waals surface area (Å²) in [6, 6.07) is 3.33. The number of nitrogens with one attached hydrogen (secondary N) is 2. The summed E-state index contributed by atoms with van der Waals surface area (Å²) in [5.74, 6) is -2.44. The first-order valence-corrected chi connectivity index (χ1v) is 22.2. The molecule has 6 atom stereocenters. The first-order chi connectivity index (χ1) is 27.4. The number of rotatable bonds is 24. The van der Waals surface area contributed by atoms with Gasteiger partial charge < -0.3 is 36.0 Å². The largest absolute Gasteiger partial charge is 0.481 e. The molecule has 0 saturated carbocycles. The van der Waals surface area contributed by atoms with Gasteiger partial charge in [0.1, 0.15) is 16.5 Å². The van der Waals surface area contributed by atoms with Crippen molar-refractivity contribution in [1.29, 1.82) is 0 Å². The molecule has 1 aromatic carbocycles. The molecule has 2 aromatic rings. The number of aliphatic carboxylic acids is 1. The molecule has 326 valence electrons. The summed E-state index contributed by atoms with van der Waals surface area (Å²) in [6.45, 7) is 17.4. The Morgan fingerprint density at radius 1 is 1.14 bits per heavy atom. The standard InChI is InChI=1S/C44H71FN6O6S/c1-10-12-13-15-21-51(42(54)39(29(5)11-2)47-26-33-17-14-16-20-50(33)9)37(28(3)4)24-38(57-30(6)52)41-49-36(27-58-41)40(53)48-32(25-44(7,8)43(55)56)22-31-18-19-34(45)35(46)23-31/h18-19,23,27-29,32-33,37-39,47H,10-17,20-22,24-26,46H2,1-9H3,(H,48,53)(H,55,56)/t29-,32?,33?,37+,38+,39-/m0/s1. The van der Waals surface area contributed by atoms with Gasteiger partial charge in [-0.05, 0) is 89.1 Å². The number of nitrogen functional groups attached to an aromatic ring is 1. The predicted molar refractivity (Wildman–Crippen MR) is 229 cm³/mol. The van der Waals surface area contributed by atoms with Crippen LogP contribution in [0.2, 0.25) is 0 Å². The molecule has 1 aliphatic heterocycles. The minimum absolute atomic E-state index is 0.0109. The molecule has 2 amide bonds. The molecule has 0 radical (unpaired) electrons. The van der Waals surface area contributed by atoms with Gasteiger partial charge in [-0.3, -0.25) is 19.2 Å². The molecule has 58 heavy (non-hydrogen) atoms. The topological polar surface area (TPSA) is 167 Å². The SMILES string of the molecule is CCCCCCN(C(=O)[C@@H](NCC1CCCCN1C)[C@@H](C)CC)[C@H](C[C@@H](OC(C)=O)c1nc(C(=O)NC(Cc2ccc(F)c(N)c2)CC(C)(C)C(=O)O)cs1)C(C)C. The van der Waals surface area contributed by atoms with Crippen molar-refractivity contribution in [1.82, 2.24) is 25.4 Å². The molecular weight excluding hydrogens is 760 g/mol. The van der Waals surface area contributed by atoms with Crippen LogP contribution in [0.1, 0.15) is 147 Å². The van der Waals surface area contributed by atoms with Gasteiger partial charge in [0.25, 0.3) is 5.91 Å². The summed E-state index contributed by atoms with van der Waals surface area (Å²) in [6.07, 6.45) is 8.08. The number of aromatic nitrogens is 1. The lowest BCUT2D eigenvalue weighted by Crippen LogP contribution is -2.57. The number of likely N-dealkylation sites (N-methyl/N-ethyl adjacent to an activating group) is 1. The average molecular weight is 831 g/mol. The number of piperidine rings is 1. The van der Waals surface area contributed by atoms with Crippen molar-refractivity contribution in [2.45, 2.75) is 156 Å². The van der Waals surface area contributed by atoms with E-state index in [2.05, 4.69) is 62.2 Å². The molecule has 0 bridgehead atoms. The Labute approximate surface area is 350 Å². The van der Waals surface area contributed by atoms with E-state index in [9.17, 15) is 28.7 Å². The highest BCUT2D eigenvalue weighted by Crippen LogP contribution is 2.32. The molecule has 12 nitrogen and oxygen atoms in total. The summed E-state index contributed by atoms with van der Waals surface area (Å²) < 4.78 is 19.9. The Hall–Kier alpha value is -3.62. The monoisotopic (exact) mass is 831 g/mol. The molecular formula is C44H71FN6O6S. The molecule has 2 heterocycles. The zero-order chi connectivity index (χ0) is 43.2. The van der Waals surface area contributed by atoms with Crippen LogP contribution in [-0.2, 0) is 25.5 Å². The third kappa shape index (κ3) is 14.6. The Balaban J connectivity index is 1.92. The van der Waals surface area contributed by atoms with Gasteiger partial charge in [-0.1, -0.05) is 72.8 Å². The number of amides is 2. The molecule has 1 fully saturated rings. The molecule has 0 aliphatic carbocycles. The fourth-order valence-corrected chi connectivity index (χ4v) is 8.66. The third-order valence-corrected chi connectivity index (χ3v) is 12.6. The van der Waals surface area contributed by atoms with Crippen LogP contribution in [0, 0.1) is 23.1 Å². The van der Waals surface area contributed by atoms with Crippen LogP contribution in [0.15, 0.2) is 23.6 Å². The zero-order valence-corrected chi connectivity index (χ0v) is 37.3. The average Bonchev–Trinajstić information content (AvgIpc) is 3.66. The van der Waals surface area contributed by atoms with Crippen LogP contribution in [0.25, 0.3) is 0 Å². The second-order valence-corrected chi connectivity index (χ2v) is 18.2. The number of carbonyl (C=O) groups excluding carboxylic acids is 3. The summed E-state index contributed by atoms with van der Waals surface area (Å²) >= 11 is 1.20. The molecule has 1 aliphatic rings. The number of halogens is 1. The van der Waals surface area contributed by atoms with Crippen molar-refractivity contribution in [3.63, 3.8) is 0 Å². The van der Waals surface area contributed by atoms with Crippen molar-refractivity contribution in [3.05, 3.63) is 45.7 Å². The Kier molecular flexibility index (Phi) is 19.5. The lowest BCUT2D eigenvalue weighted by molar-refractivity contribution is -0.149. The maximum absolute atomic E-state index is 14.9. The van der Waals surface area contributed by atoms with Gasteiger partial charge in [0, 0.05) is 49.9 Å². The van der Waals surface area contributed by atoms with Crippen molar-refractivity contribution >= 4 is 40.8 Å². The van der Waals surface area contributed by atoms with E-state index in [0.717, 1.165) is 51.6 Å². The second kappa shape index (κ2) is 23.2. The third-order valence-electron chi connectivity index (χ3n) is 11.7. The number of anilines is 1. The molecule has 1 saturated heterocycles. The number of hydrogen-bond donors (Lipinski definition) is 4. The van der Waals surface area contributed by atoms with Crippen molar-refractivity contribution in [2.75, 3.05) is 32.4 Å². The minimum atomic E-state index is -1.18. The fraction of sp³-hybridized carbons (Fsp3) is 0.705. The maximum atomic E-state index is 14.9. The minimum Gasteiger partial charge on any atom is -0.481 e. The van der Waals surface area contributed by atoms with E-state index in [1.807, 2.05) is 4.90 Å². The van der Waals surface area contributed by atoms with Gasteiger partial charge in [0.15, 0.2) is 6.10 Å². The first-order valence-electron chi connectivity index (χ1n) is 21.3. The van der Waals surface area contributed by atoms with Crippen LogP contribution in [0.3, 0.4) is 0 Å². The first kappa shape index (κ1) is 48.7. The van der Waals surface area contributed by atoms with Crippen LogP contribution in [0.4, 0.5) is 10.1 Å². The summed E-state index contributed by atoms with van der Waals surface area (Å²) in [5.41, 5.74) is 5.32. The predicted octanol–water partition coefficient (Wildman–Crippen LogP) is 7.62. The molecule has 1 aromatic heterocycles. The van der Waals surface area contributed by atoms with Gasteiger partial charge in [0.05, 0.1) is 17.1 Å². The Morgan fingerprint density at radius 2 is 1.86 bits per heavy atom. The number of nitrogens with two attached hydrogens (primary N) is 1. The molecule has 3 rings (SSSR count). The fourth-order valence-electron chi connectivity index (χ4n) is 7.82. The lowest BCUT2D eigenvalue weighted by atomic mass is 9.84. The second-order valence-electron chi connectivity index (χ2n) is 17.3. The Bertz CT molecular complexity index is 1640. The lowest BCUT2D eigenvalue weighted by Gasteiger charge is -2.40. The molecule has 14 heteroatoms. The van der Waals surface area contributed by atoms with Crippen LogP contribution in [-0.4, -0.2) is 94.5 Å². The van der Waals surface area contributed by atoms with Gasteiger partial charge in [-0.15, -0.1) is 11.3 Å². The van der Waals surface area contributed by atoms with Gasteiger partial charge in [-0.2, -0.15) is 0 Å². The highest BCUT2D eigenvalue weighted by molar-refractivity contribution is 7.09. The van der Waals surface area contributed by atoms with E-state index >= 15 is 0 Å². The molecule has 2 unspecified atom stereocenters. The normalized spacial score (nSPS) is 17.6. The number of likely N-dealkylation sites (tertiary alicyclic amines) is 1. The van der Waals surface area contributed by atoms with Crippen LogP contribution >= 0.6 is 11.3 Å². The van der Waals surface area contributed by atoms with Crippen molar-refractivity contribution in [3.8, 4) is 0 Å². The summed E-state index contributed by atoms with van der Waals surface area (Å²) in [4.78, 5) is 62.4. The number of carboxylic acids is 1. The van der Waals surface area contributed by atoms with E-state index in [1.165, 1.54) is 43.2 Å². The van der Waals surface area contributed by atoms with E-state index in [-0.39, 0.29) is 54.0 Å². The highest BCUT2D eigenvalue weighted by Gasteiger charge is 2.37. The van der Waals surface area contributed by atoms with Crippen molar-refractivity contribution in [2.24, 2.45) is 17.3 Å². The van der Waals surface area contributed by atoms with Gasteiger partial charge in [-0.25, -0.2) is 9.37 Å². The quantitative estimate of drug-likeness (QED) is 0.0470. The summed E-state index contributed by atoms with van der Waals surface area (Å²) in [7, 11) is 2.16. The number of hydrogen-bond acceptors (Lipinski definition) is 10. The van der Waals surface area contributed by atoms with Gasteiger partial charge in [0.2, 0.25) is 5.91 Å². The van der Waals surface area contributed by atoms with E-state index in [1.54, 1.807) is 25.3 Å². The van der Waals surface area contributed by atoms with Crippen LogP contribution < -0.4 is 16.4 Å². The van der Waals surface area contributed by atoms with E-state index in [0.29, 0.717) is 29.6 Å². The van der Waals surface area contributed by atoms with Crippen LogP contribution in [0.5, 0.6) is 0 Å². The number of carboxylic acid groups (broad SMARTS) is 1. The molecule has 5 N–H and O–H groups in total. The molecule has 0 spiro atoms. The number of esters is 1. The number of nitrogens with zero attached hydrogens (tertiary/aromatic N) is 3.